The highest BCUT2D eigenvalue weighted by Crippen LogP contribution is 2.25. The fourth-order valence-electron chi connectivity index (χ4n) is 2.61. The molecule has 3 rings (SSSR count). The van der Waals surface area contributed by atoms with Crippen LogP contribution in [-0.2, 0) is 6.61 Å². The number of carbonyl (C=O) groups is 1. The highest BCUT2D eigenvalue weighted by atomic mass is 16.5. The molecule has 122 valence electrons. The van der Waals surface area contributed by atoms with E-state index in [1.807, 2.05) is 26.0 Å². The number of carbonyl (C=O) groups excluding carboxylic acids is 1. The summed E-state index contributed by atoms with van der Waals surface area (Å²) in [4.78, 5) is 12.0. The van der Waals surface area contributed by atoms with Crippen molar-refractivity contribution in [2.75, 3.05) is 6.54 Å². The van der Waals surface area contributed by atoms with Crippen LogP contribution in [0.25, 0.3) is 0 Å². The summed E-state index contributed by atoms with van der Waals surface area (Å²) in [7, 11) is 0. The number of benzene rings is 1. The van der Waals surface area contributed by atoms with E-state index in [4.69, 9.17) is 9.15 Å². The summed E-state index contributed by atoms with van der Waals surface area (Å²) in [6.07, 6.45) is 3.71. The van der Waals surface area contributed by atoms with Gasteiger partial charge in [-0.15, -0.1) is 0 Å². The van der Waals surface area contributed by atoms with E-state index < -0.39 is 0 Å². The number of amides is 1. The Hall–Kier alpha value is -2.23. The normalized spacial score (nSPS) is 14.3. The van der Waals surface area contributed by atoms with Crippen molar-refractivity contribution < 1.29 is 13.9 Å². The van der Waals surface area contributed by atoms with Crippen molar-refractivity contribution in [2.45, 2.75) is 39.7 Å². The topological polar surface area (TPSA) is 51.5 Å². The van der Waals surface area contributed by atoms with Gasteiger partial charge in [-0.2, -0.15) is 0 Å². The fourth-order valence-corrected chi connectivity index (χ4v) is 2.61. The van der Waals surface area contributed by atoms with E-state index in [2.05, 4.69) is 11.4 Å². The van der Waals surface area contributed by atoms with Crippen LogP contribution in [0.15, 0.2) is 34.7 Å². The molecular formula is C19H23NO3. The maximum atomic E-state index is 12.0. The minimum atomic E-state index is -0.144. The lowest BCUT2D eigenvalue weighted by molar-refractivity contribution is 0.0907. The second-order valence-corrected chi connectivity index (χ2v) is 6.33. The molecule has 0 unspecified atom stereocenters. The lowest BCUT2D eigenvalue weighted by Gasteiger charge is -2.25. The maximum Gasteiger partial charge on any atom is 0.287 e. The van der Waals surface area contributed by atoms with Gasteiger partial charge in [0.05, 0.1) is 0 Å². The van der Waals surface area contributed by atoms with E-state index in [1.165, 1.54) is 19.3 Å². The molecule has 2 aromatic rings. The smallest absolute Gasteiger partial charge is 0.287 e. The predicted molar refractivity (Wildman–Crippen MR) is 88.6 cm³/mol. The number of aryl methyl sites for hydroxylation is 2. The molecule has 23 heavy (non-hydrogen) atoms. The summed E-state index contributed by atoms with van der Waals surface area (Å²) in [5.74, 6) is 2.34. The molecule has 0 atom stereocenters. The Morgan fingerprint density at radius 2 is 2.09 bits per heavy atom. The van der Waals surface area contributed by atoms with Gasteiger partial charge in [0.15, 0.2) is 5.76 Å². The van der Waals surface area contributed by atoms with Gasteiger partial charge in [-0.3, -0.25) is 4.79 Å². The van der Waals surface area contributed by atoms with Gasteiger partial charge in [0.25, 0.3) is 5.91 Å². The van der Waals surface area contributed by atoms with Crippen LogP contribution in [0.2, 0.25) is 0 Å². The van der Waals surface area contributed by atoms with Crippen molar-refractivity contribution in [1.29, 1.82) is 0 Å². The quantitative estimate of drug-likeness (QED) is 0.877. The van der Waals surface area contributed by atoms with Crippen molar-refractivity contribution in [2.24, 2.45) is 5.92 Å². The second kappa shape index (κ2) is 6.90. The van der Waals surface area contributed by atoms with E-state index >= 15 is 0 Å². The molecule has 1 N–H and O–H groups in total. The second-order valence-electron chi connectivity index (χ2n) is 6.33. The minimum Gasteiger partial charge on any atom is -0.485 e. The maximum absolute atomic E-state index is 12.0. The monoisotopic (exact) mass is 313 g/mol. The van der Waals surface area contributed by atoms with Crippen molar-refractivity contribution in [3.8, 4) is 5.75 Å². The summed E-state index contributed by atoms with van der Waals surface area (Å²) in [5.41, 5.74) is 2.24. The summed E-state index contributed by atoms with van der Waals surface area (Å²) in [6.45, 7) is 5.11. The number of ether oxygens (including phenoxy) is 1. The highest BCUT2D eigenvalue weighted by molar-refractivity contribution is 5.91. The molecule has 0 spiro atoms. The van der Waals surface area contributed by atoms with Crippen molar-refractivity contribution in [3.05, 3.63) is 53.0 Å². The average Bonchev–Trinajstić information content (AvgIpc) is 2.95. The first-order chi connectivity index (χ1) is 11.1. The van der Waals surface area contributed by atoms with Crippen LogP contribution in [0, 0.1) is 19.8 Å². The van der Waals surface area contributed by atoms with Gasteiger partial charge in [-0.25, -0.2) is 0 Å². The zero-order valence-corrected chi connectivity index (χ0v) is 13.7. The molecule has 0 aliphatic heterocycles. The summed E-state index contributed by atoms with van der Waals surface area (Å²) >= 11 is 0. The molecule has 1 aromatic carbocycles. The third-order valence-electron chi connectivity index (χ3n) is 4.38. The summed E-state index contributed by atoms with van der Waals surface area (Å²) in [6, 6.07) is 9.59. The molecule has 4 heteroatoms. The lowest BCUT2D eigenvalue weighted by Crippen LogP contribution is -2.31. The van der Waals surface area contributed by atoms with Crippen molar-refractivity contribution >= 4 is 5.91 Å². The number of furan rings is 1. The van der Waals surface area contributed by atoms with Gasteiger partial charge in [0.1, 0.15) is 18.1 Å². The SMILES string of the molecule is Cc1ccc(C)c(OCc2ccc(C(=O)NCC3CCC3)o2)c1. The first kappa shape index (κ1) is 15.7. The average molecular weight is 313 g/mol. The fraction of sp³-hybridized carbons (Fsp3) is 0.421. The van der Waals surface area contributed by atoms with Crippen molar-refractivity contribution in [1.82, 2.24) is 5.32 Å². The van der Waals surface area contributed by atoms with Gasteiger partial charge >= 0.3 is 0 Å². The van der Waals surface area contributed by atoms with E-state index in [-0.39, 0.29) is 5.91 Å². The number of nitrogens with one attached hydrogen (secondary N) is 1. The van der Waals surface area contributed by atoms with Gasteiger partial charge in [0.2, 0.25) is 0 Å². The zero-order valence-electron chi connectivity index (χ0n) is 13.7. The molecular weight excluding hydrogens is 290 g/mol. The Balaban J connectivity index is 1.54. The molecule has 1 saturated carbocycles. The third kappa shape index (κ3) is 3.95. The van der Waals surface area contributed by atoms with Crippen molar-refractivity contribution in [3.63, 3.8) is 0 Å². The van der Waals surface area contributed by atoms with E-state index in [0.717, 1.165) is 23.4 Å². The summed E-state index contributed by atoms with van der Waals surface area (Å²) < 4.78 is 11.4. The number of hydrogen-bond donors (Lipinski definition) is 1. The Kier molecular flexibility index (Phi) is 4.70. The van der Waals surface area contributed by atoms with Crippen LogP contribution < -0.4 is 10.1 Å². The molecule has 1 aliphatic rings. The first-order valence-corrected chi connectivity index (χ1v) is 8.19. The third-order valence-corrected chi connectivity index (χ3v) is 4.38. The molecule has 1 fully saturated rings. The van der Waals surface area contributed by atoms with E-state index in [1.54, 1.807) is 12.1 Å². The standard InChI is InChI=1S/C19H23NO3/c1-13-6-7-14(2)18(10-13)22-12-16-8-9-17(23-16)19(21)20-11-15-4-3-5-15/h6-10,15H,3-5,11-12H2,1-2H3,(H,20,21). The van der Waals surface area contributed by atoms with Gasteiger partial charge in [0, 0.05) is 6.54 Å². The highest BCUT2D eigenvalue weighted by Gasteiger charge is 2.19. The van der Waals surface area contributed by atoms with Gasteiger partial charge in [-0.1, -0.05) is 18.6 Å². The van der Waals surface area contributed by atoms with Crippen LogP contribution in [0.1, 0.15) is 46.7 Å². The molecule has 1 amide bonds. The van der Waals surface area contributed by atoms with Crippen LogP contribution in [0.5, 0.6) is 5.75 Å². The first-order valence-electron chi connectivity index (χ1n) is 8.19. The molecule has 1 aliphatic carbocycles. The molecule has 1 aromatic heterocycles. The van der Waals surface area contributed by atoms with Crippen LogP contribution in [0.4, 0.5) is 0 Å². The van der Waals surface area contributed by atoms with Gasteiger partial charge in [-0.05, 0) is 61.9 Å². The van der Waals surface area contributed by atoms with E-state index in [9.17, 15) is 4.79 Å². The molecule has 0 radical (unpaired) electrons. The number of rotatable bonds is 6. The molecule has 1 heterocycles. The van der Waals surface area contributed by atoms with E-state index in [0.29, 0.717) is 24.0 Å². The Morgan fingerprint density at radius 3 is 2.83 bits per heavy atom. The van der Waals surface area contributed by atoms with Crippen LogP contribution >= 0.6 is 0 Å². The Labute approximate surface area is 136 Å². The van der Waals surface area contributed by atoms with Gasteiger partial charge < -0.3 is 14.5 Å². The molecule has 0 saturated heterocycles. The number of hydrogen-bond acceptors (Lipinski definition) is 3. The zero-order chi connectivity index (χ0) is 16.2. The summed E-state index contributed by atoms with van der Waals surface area (Å²) in [5, 5.41) is 2.93. The largest absolute Gasteiger partial charge is 0.485 e. The predicted octanol–water partition coefficient (Wildman–Crippen LogP) is 4.01. The lowest BCUT2D eigenvalue weighted by atomic mass is 9.85. The molecule has 4 nitrogen and oxygen atoms in total. The Morgan fingerprint density at radius 1 is 1.26 bits per heavy atom. The minimum absolute atomic E-state index is 0.144. The van der Waals surface area contributed by atoms with Crippen LogP contribution in [-0.4, -0.2) is 12.5 Å². The Bertz CT molecular complexity index is 686. The molecule has 0 bridgehead atoms. The van der Waals surface area contributed by atoms with Crippen LogP contribution in [0.3, 0.4) is 0 Å².